The van der Waals surface area contributed by atoms with Crippen LogP contribution in [0.3, 0.4) is 0 Å². The number of rotatable bonds is 2. The van der Waals surface area contributed by atoms with E-state index in [4.69, 9.17) is 10.2 Å². The molecule has 0 bridgehead atoms. The van der Waals surface area contributed by atoms with Gasteiger partial charge in [0.25, 0.3) is 0 Å². The van der Waals surface area contributed by atoms with Crippen LogP contribution in [0.5, 0.6) is 0 Å². The fourth-order valence-corrected chi connectivity index (χ4v) is 1.84. The minimum absolute atomic E-state index is 0.291. The van der Waals surface area contributed by atoms with Crippen LogP contribution in [0.25, 0.3) is 22.4 Å². The van der Waals surface area contributed by atoms with Crippen molar-refractivity contribution in [3.8, 4) is 11.5 Å². The molecule has 4 heteroatoms. The first-order valence-corrected chi connectivity index (χ1v) is 5.61. The second-order valence-corrected chi connectivity index (χ2v) is 4.02. The van der Waals surface area contributed by atoms with Gasteiger partial charge in [0.05, 0.1) is 5.39 Å². The molecule has 2 heterocycles. The van der Waals surface area contributed by atoms with E-state index in [1.165, 1.54) is 6.07 Å². The lowest BCUT2D eigenvalue weighted by molar-refractivity contribution is 0.620. The predicted molar refractivity (Wildman–Crippen MR) is 67.3 cm³/mol. The highest BCUT2D eigenvalue weighted by Crippen LogP contribution is 2.28. The van der Waals surface area contributed by atoms with Gasteiger partial charge in [0.2, 0.25) is 0 Å². The number of nitrogens with zero attached hydrogens (tertiary/aromatic N) is 1. The molecule has 18 heavy (non-hydrogen) atoms. The first-order valence-electron chi connectivity index (χ1n) is 5.61. The Morgan fingerprint density at radius 1 is 1.22 bits per heavy atom. The molecular weight excluding hydrogens is 231 g/mol. The minimum Gasteiger partial charge on any atom is -0.454 e. The molecule has 0 spiro atoms. The molecule has 0 aliphatic carbocycles. The van der Waals surface area contributed by atoms with Crippen molar-refractivity contribution in [1.82, 2.24) is 4.98 Å². The number of benzene rings is 1. The van der Waals surface area contributed by atoms with Crippen LogP contribution in [0, 0.1) is 5.82 Å². The third-order valence-corrected chi connectivity index (χ3v) is 2.82. The molecule has 3 nitrogen and oxygen atoms in total. The Morgan fingerprint density at radius 2 is 2.11 bits per heavy atom. The maximum atomic E-state index is 13.5. The van der Waals surface area contributed by atoms with Crippen molar-refractivity contribution >= 4 is 11.0 Å². The summed E-state index contributed by atoms with van der Waals surface area (Å²) in [5.74, 6) is 0.264. The first-order chi connectivity index (χ1) is 8.78. The van der Waals surface area contributed by atoms with Crippen LogP contribution >= 0.6 is 0 Å². The highest BCUT2D eigenvalue weighted by molar-refractivity contribution is 5.82. The Labute approximate surface area is 103 Å². The second kappa shape index (κ2) is 4.23. The van der Waals surface area contributed by atoms with Crippen LogP contribution in [0.1, 0.15) is 5.56 Å². The number of furan rings is 1. The van der Waals surface area contributed by atoms with Gasteiger partial charge >= 0.3 is 0 Å². The lowest BCUT2D eigenvalue weighted by Crippen LogP contribution is -1.96. The van der Waals surface area contributed by atoms with Gasteiger partial charge in [-0.05, 0) is 29.8 Å². The van der Waals surface area contributed by atoms with Gasteiger partial charge in [-0.1, -0.05) is 12.1 Å². The molecule has 2 N–H and O–H groups in total. The molecule has 0 amide bonds. The predicted octanol–water partition coefficient (Wildman–Crippen LogP) is 3.09. The number of fused-ring (bicyclic) bond motifs is 1. The SMILES string of the molecule is NCc1ccc(-c2cc3c(F)cccc3o2)nc1. The topological polar surface area (TPSA) is 52.0 Å². The molecule has 0 aliphatic heterocycles. The molecule has 0 unspecified atom stereocenters. The highest BCUT2D eigenvalue weighted by atomic mass is 19.1. The smallest absolute Gasteiger partial charge is 0.153 e. The zero-order valence-corrected chi connectivity index (χ0v) is 9.56. The van der Waals surface area contributed by atoms with Crippen molar-refractivity contribution in [1.29, 1.82) is 0 Å². The van der Waals surface area contributed by atoms with Crippen LogP contribution in [0.15, 0.2) is 47.0 Å². The normalized spacial score (nSPS) is 11.0. The van der Waals surface area contributed by atoms with E-state index in [2.05, 4.69) is 4.98 Å². The van der Waals surface area contributed by atoms with Gasteiger partial charge in [0.1, 0.15) is 17.1 Å². The third kappa shape index (κ3) is 1.76. The number of pyridine rings is 1. The number of nitrogens with two attached hydrogens (primary N) is 1. The third-order valence-electron chi connectivity index (χ3n) is 2.82. The number of aromatic nitrogens is 1. The molecular formula is C14H11FN2O. The quantitative estimate of drug-likeness (QED) is 0.751. The Balaban J connectivity index is 2.10. The van der Waals surface area contributed by atoms with E-state index in [1.54, 1.807) is 24.4 Å². The van der Waals surface area contributed by atoms with Crippen molar-refractivity contribution in [2.75, 3.05) is 0 Å². The molecule has 0 radical (unpaired) electrons. The molecule has 0 atom stereocenters. The summed E-state index contributed by atoms with van der Waals surface area (Å²) >= 11 is 0. The molecule has 3 aromatic rings. The van der Waals surface area contributed by atoms with Crippen molar-refractivity contribution in [2.24, 2.45) is 5.73 Å². The summed E-state index contributed by atoms with van der Waals surface area (Å²) in [7, 11) is 0. The van der Waals surface area contributed by atoms with Gasteiger partial charge in [0.15, 0.2) is 5.76 Å². The van der Waals surface area contributed by atoms with E-state index in [-0.39, 0.29) is 5.82 Å². The average Bonchev–Trinajstić information content (AvgIpc) is 2.84. The van der Waals surface area contributed by atoms with Gasteiger partial charge in [0, 0.05) is 12.7 Å². The van der Waals surface area contributed by atoms with E-state index < -0.39 is 0 Å². The lowest BCUT2D eigenvalue weighted by Gasteiger charge is -1.97. The molecule has 2 aromatic heterocycles. The van der Waals surface area contributed by atoms with Gasteiger partial charge < -0.3 is 10.2 Å². The van der Waals surface area contributed by atoms with Crippen LogP contribution in [-0.2, 0) is 6.54 Å². The summed E-state index contributed by atoms with van der Waals surface area (Å²) in [5.41, 5.74) is 7.64. The summed E-state index contributed by atoms with van der Waals surface area (Å²) in [5, 5.41) is 0.470. The number of hydrogen-bond acceptors (Lipinski definition) is 3. The van der Waals surface area contributed by atoms with E-state index in [0.29, 0.717) is 29.0 Å². The van der Waals surface area contributed by atoms with E-state index in [9.17, 15) is 4.39 Å². The summed E-state index contributed by atoms with van der Waals surface area (Å²) < 4.78 is 19.1. The molecule has 0 saturated carbocycles. The molecule has 3 rings (SSSR count). The molecule has 90 valence electrons. The van der Waals surface area contributed by atoms with E-state index in [0.717, 1.165) is 5.56 Å². The number of halogens is 1. The molecule has 0 aliphatic rings. The van der Waals surface area contributed by atoms with Crippen molar-refractivity contribution in [3.63, 3.8) is 0 Å². The summed E-state index contributed by atoms with van der Waals surface area (Å²) in [6, 6.07) is 10.1. The molecule has 0 fully saturated rings. The Morgan fingerprint density at radius 3 is 2.78 bits per heavy atom. The molecule has 0 saturated heterocycles. The van der Waals surface area contributed by atoms with Gasteiger partial charge in [-0.3, -0.25) is 4.98 Å². The largest absolute Gasteiger partial charge is 0.454 e. The zero-order chi connectivity index (χ0) is 12.5. The highest BCUT2D eigenvalue weighted by Gasteiger charge is 2.10. The van der Waals surface area contributed by atoms with Crippen LogP contribution in [0.2, 0.25) is 0 Å². The Hall–Kier alpha value is -2.20. The maximum absolute atomic E-state index is 13.5. The van der Waals surface area contributed by atoms with Crippen LogP contribution in [0.4, 0.5) is 4.39 Å². The fraction of sp³-hybridized carbons (Fsp3) is 0.0714. The monoisotopic (exact) mass is 242 g/mol. The van der Waals surface area contributed by atoms with Crippen molar-refractivity contribution in [2.45, 2.75) is 6.54 Å². The summed E-state index contributed by atoms with van der Waals surface area (Å²) in [6.07, 6.45) is 1.69. The van der Waals surface area contributed by atoms with Gasteiger partial charge in [-0.15, -0.1) is 0 Å². The lowest BCUT2D eigenvalue weighted by atomic mass is 10.2. The first kappa shape index (κ1) is 10.9. The fourth-order valence-electron chi connectivity index (χ4n) is 1.84. The van der Waals surface area contributed by atoms with E-state index in [1.807, 2.05) is 12.1 Å². The van der Waals surface area contributed by atoms with Crippen molar-refractivity contribution < 1.29 is 8.81 Å². The van der Waals surface area contributed by atoms with Crippen LogP contribution < -0.4 is 5.73 Å². The minimum atomic E-state index is -0.291. The van der Waals surface area contributed by atoms with Crippen molar-refractivity contribution in [3.05, 3.63) is 54.0 Å². The van der Waals surface area contributed by atoms with Crippen LogP contribution in [-0.4, -0.2) is 4.98 Å². The second-order valence-electron chi connectivity index (χ2n) is 4.02. The zero-order valence-electron chi connectivity index (χ0n) is 9.56. The average molecular weight is 242 g/mol. The van der Waals surface area contributed by atoms with Gasteiger partial charge in [-0.25, -0.2) is 4.39 Å². The number of hydrogen-bond donors (Lipinski definition) is 1. The maximum Gasteiger partial charge on any atom is 0.153 e. The Kier molecular flexibility index (Phi) is 2.57. The molecule has 1 aromatic carbocycles. The van der Waals surface area contributed by atoms with E-state index >= 15 is 0 Å². The standard InChI is InChI=1S/C14H11FN2O/c15-11-2-1-3-13-10(11)6-14(18-13)12-5-4-9(7-16)8-17-12/h1-6,8H,7,16H2. The van der Waals surface area contributed by atoms with Gasteiger partial charge in [-0.2, -0.15) is 0 Å². The summed E-state index contributed by atoms with van der Waals surface area (Å²) in [6.45, 7) is 0.446. The summed E-state index contributed by atoms with van der Waals surface area (Å²) in [4.78, 5) is 4.25. The Bertz CT molecular complexity index is 689.